The molecule has 0 aliphatic carbocycles. The Hall–Kier alpha value is -5.03. The van der Waals surface area contributed by atoms with Crippen molar-refractivity contribution in [3.8, 4) is 5.75 Å². The molecule has 16 heteroatoms. The Morgan fingerprint density at radius 2 is 1.42 bits per heavy atom. The molecule has 0 spiro atoms. The fraction of sp³-hybridized carbons (Fsp3) is 0.558. The van der Waals surface area contributed by atoms with Crippen LogP contribution in [0.5, 0.6) is 5.75 Å². The van der Waals surface area contributed by atoms with Crippen molar-refractivity contribution in [3.63, 3.8) is 0 Å². The van der Waals surface area contributed by atoms with Gasteiger partial charge >= 0.3 is 30.0 Å². The topological polar surface area (TPSA) is 245 Å². The number of carboxylic acid groups (broad SMARTS) is 3. The standard InChI is InChI=1S/C43H57NO15/c1-28(33(56-30(3)45)29(2)27-31-19-13-11-14-20-31)23-24-41-34(46)35(43(59-41,39(51)52)42(54,38(49)50)36(58-41)37(47)48)57-40(53)44-25-17-9-7-5-4-6-8-10-18-26-55-32-21-15-12-16-22-32/h11-16,19-22,29,33-36,46,54H,1,4-10,17-18,23-27H2,2-3H3,(H,44,53)(H,47,48)(H,49,50)(H,51,52)/t29-,33-,34-,35-,36-,41+,42-,43+/m1/s1. The summed E-state index contributed by atoms with van der Waals surface area (Å²) in [5, 5.41) is 56.4. The van der Waals surface area contributed by atoms with Crippen LogP contribution in [0.1, 0.15) is 90.0 Å². The first-order chi connectivity index (χ1) is 28.1. The highest BCUT2D eigenvalue weighted by Gasteiger charge is 2.86. The number of carbonyl (C=O) groups is 5. The summed E-state index contributed by atoms with van der Waals surface area (Å²) >= 11 is 0. The van der Waals surface area contributed by atoms with Gasteiger partial charge in [0, 0.05) is 25.8 Å². The fourth-order valence-corrected chi connectivity index (χ4v) is 7.81. The lowest BCUT2D eigenvalue weighted by Crippen LogP contribution is -2.78. The van der Waals surface area contributed by atoms with Crippen LogP contribution in [0.25, 0.3) is 0 Å². The lowest BCUT2D eigenvalue weighted by Gasteiger charge is -2.48. The molecule has 2 aromatic rings. The van der Waals surface area contributed by atoms with Crippen molar-refractivity contribution >= 4 is 30.0 Å². The number of nitrogens with one attached hydrogen (secondary N) is 1. The van der Waals surface area contributed by atoms with Gasteiger partial charge in [-0.1, -0.05) is 107 Å². The highest BCUT2D eigenvalue weighted by Crippen LogP contribution is 2.56. The van der Waals surface area contributed by atoms with Crippen molar-refractivity contribution in [3.05, 3.63) is 78.4 Å². The summed E-state index contributed by atoms with van der Waals surface area (Å²) in [4.78, 5) is 63.4. The second-order valence-corrected chi connectivity index (χ2v) is 15.3. The number of amides is 1. The van der Waals surface area contributed by atoms with Crippen LogP contribution < -0.4 is 10.1 Å². The number of esters is 1. The van der Waals surface area contributed by atoms with E-state index in [9.17, 15) is 49.5 Å². The predicted molar refractivity (Wildman–Crippen MR) is 210 cm³/mol. The molecule has 6 N–H and O–H groups in total. The maximum Gasteiger partial charge on any atom is 0.407 e. The number of unbranched alkanes of at least 4 members (excludes halogenated alkanes) is 8. The Bertz CT molecular complexity index is 1740. The van der Waals surface area contributed by atoms with E-state index in [1.807, 2.05) is 60.7 Å². The Morgan fingerprint density at radius 3 is 1.98 bits per heavy atom. The van der Waals surface area contributed by atoms with E-state index in [1.54, 1.807) is 6.92 Å². The average molecular weight is 828 g/mol. The Kier molecular flexibility index (Phi) is 16.8. The molecule has 0 unspecified atom stereocenters. The van der Waals surface area contributed by atoms with Crippen LogP contribution in [-0.2, 0) is 44.5 Å². The molecule has 0 radical (unpaired) electrons. The summed E-state index contributed by atoms with van der Waals surface area (Å²) in [5.74, 6) is -9.48. The van der Waals surface area contributed by atoms with E-state index in [-0.39, 0.29) is 24.5 Å². The monoisotopic (exact) mass is 827 g/mol. The molecule has 1 amide bonds. The molecule has 324 valence electrons. The Morgan fingerprint density at radius 1 is 0.847 bits per heavy atom. The number of benzene rings is 2. The van der Waals surface area contributed by atoms with E-state index in [4.69, 9.17) is 23.7 Å². The molecule has 2 bridgehead atoms. The van der Waals surface area contributed by atoms with Gasteiger partial charge in [-0.15, -0.1) is 0 Å². The highest BCUT2D eigenvalue weighted by atomic mass is 16.8. The summed E-state index contributed by atoms with van der Waals surface area (Å²) in [7, 11) is 0. The van der Waals surface area contributed by atoms with Crippen molar-refractivity contribution in [1.29, 1.82) is 0 Å². The number of hydrogen-bond donors (Lipinski definition) is 6. The number of ether oxygens (including phenoxy) is 5. The summed E-state index contributed by atoms with van der Waals surface area (Å²) in [6.45, 7) is 7.79. The van der Waals surface area contributed by atoms with Gasteiger partial charge in [-0.3, -0.25) is 4.79 Å². The van der Waals surface area contributed by atoms with Crippen LogP contribution in [0.3, 0.4) is 0 Å². The molecule has 2 fully saturated rings. The molecule has 4 rings (SSSR count). The smallest absolute Gasteiger partial charge is 0.407 e. The number of fused-ring (bicyclic) bond motifs is 2. The summed E-state index contributed by atoms with van der Waals surface area (Å²) in [6, 6.07) is 19.0. The van der Waals surface area contributed by atoms with Gasteiger partial charge < -0.3 is 54.5 Å². The van der Waals surface area contributed by atoms with E-state index in [0.29, 0.717) is 19.4 Å². The molecular weight excluding hydrogens is 770 g/mol. The minimum atomic E-state index is -3.91. The van der Waals surface area contributed by atoms with Crippen LogP contribution in [0, 0.1) is 5.92 Å². The first kappa shape index (κ1) is 46.7. The number of carboxylic acids is 3. The maximum atomic E-state index is 13.1. The third kappa shape index (κ3) is 11.2. The summed E-state index contributed by atoms with van der Waals surface area (Å²) in [5.41, 5.74) is -6.30. The third-order valence-corrected chi connectivity index (χ3v) is 10.8. The predicted octanol–water partition coefficient (Wildman–Crippen LogP) is 5.03. The molecule has 59 heavy (non-hydrogen) atoms. The molecule has 2 aliphatic heterocycles. The van der Waals surface area contributed by atoms with Gasteiger partial charge in [0.15, 0.2) is 6.10 Å². The largest absolute Gasteiger partial charge is 0.494 e. The quantitative estimate of drug-likeness (QED) is 0.0437. The van der Waals surface area contributed by atoms with E-state index in [1.165, 1.54) is 6.92 Å². The number of carbonyl (C=O) groups excluding carboxylic acids is 2. The first-order valence-corrected chi connectivity index (χ1v) is 20.1. The number of hydrogen-bond acceptors (Lipinski definition) is 12. The second kappa shape index (κ2) is 21.3. The highest BCUT2D eigenvalue weighted by molar-refractivity contribution is 5.98. The van der Waals surface area contributed by atoms with Gasteiger partial charge in [0.2, 0.25) is 17.5 Å². The van der Waals surface area contributed by atoms with E-state index in [0.717, 1.165) is 62.7 Å². The zero-order valence-electron chi connectivity index (χ0n) is 33.6. The van der Waals surface area contributed by atoms with Crippen LogP contribution in [0.15, 0.2) is 72.8 Å². The lowest BCUT2D eigenvalue weighted by atomic mass is 9.74. The zero-order valence-corrected chi connectivity index (χ0v) is 33.6. The summed E-state index contributed by atoms with van der Waals surface area (Å²) in [6.07, 6.45) is -1.81. The van der Waals surface area contributed by atoms with Crippen LogP contribution in [0.4, 0.5) is 4.79 Å². The van der Waals surface area contributed by atoms with E-state index < -0.39 is 77.8 Å². The van der Waals surface area contributed by atoms with Gasteiger partial charge in [0.25, 0.3) is 5.60 Å². The van der Waals surface area contributed by atoms with Crippen molar-refractivity contribution in [2.75, 3.05) is 13.2 Å². The maximum absolute atomic E-state index is 13.1. The normalized spacial score (nSPS) is 25.6. The molecule has 16 nitrogen and oxygen atoms in total. The Labute approximate surface area is 343 Å². The van der Waals surface area contributed by atoms with Gasteiger partial charge in [-0.25, -0.2) is 19.2 Å². The molecular formula is C43H57NO15. The molecule has 8 atom stereocenters. The van der Waals surface area contributed by atoms with Gasteiger partial charge in [-0.05, 0) is 49.0 Å². The number of rotatable bonds is 25. The SMILES string of the molecule is C=C(CC[C@]12O[C@H](C(=O)O)[C@@](O)(C(=O)O)[C@](C(=O)O)(O1)[C@H](OC(=O)NCCCCCCCCCCCOc1ccccc1)[C@H]2O)[C@@H](OC(C)=O)[C@H](C)Cc1ccccc1. The third-order valence-electron chi connectivity index (χ3n) is 10.8. The molecule has 2 aromatic carbocycles. The first-order valence-electron chi connectivity index (χ1n) is 20.1. The van der Waals surface area contributed by atoms with E-state index in [2.05, 4.69) is 11.9 Å². The van der Waals surface area contributed by atoms with Crippen molar-refractivity contribution in [2.45, 2.75) is 132 Å². The van der Waals surface area contributed by atoms with Gasteiger partial charge in [0.05, 0.1) is 6.61 Å². The van der Waals surface area contributed by atoms with Crippen LogP contribution in [-0.4, -0.2) is 110 Å². The van der Waals surface area contributed by atoms with E-state index >= 15 is 0 Å². The molecule has 2 aliphatic rings. The minimum Gasteiger partial charge on any atom is -0.494 e. The van der Waals surface area contributed by atoms with Crippen LogP contribution >= 0.6 is 0 Å². The number of aliphatic hydroxyl groups excluding tert-OH is 1. The summed E-state index contributed by atoms with van der Waals surface area (Å²) < 4.78 is 27.9. The van der Waals surface area contributed by atoms with Gasteiger partial charge in [0.1, 0.15) is 18.0 Å². The van der Waals surface area contributed by atoms with Gasteiger partial charge in [-0.2, -0.15) is 0 Å². The second-order valence-electron chi connectivity index (χ2n) is 15.3. The zero-order chi connectivity index (χ0) is 43.2. The van der Waals surface area contributed by atoms with Crippen molar-refractivity contribution in [2.24, 2.45) is 5.92 Å². The Balaban J connectivity index is 1.36. The van der Waals surface area contributed by atoms with Crippen LogP contribution in [0.2, 0.25) is 0 Å². The number of para-hydroxylation sites is 1. The van der Waals surface area contributed by atoms with Crippen molar-refractivity contribution in [1.82, 2.24) is 5.32 Å². The molecule has 2 heterocycles. The average Bonchev–Trinajstić information content (AvgIpc) is 3.41. The molecule has 2 saturated heterocycles. The number of aliphatic hydroxyl groups is 2. The fourth-order valence-electron chi connectivity index (χ4n) is 7.81. The molecule has 0 aromatic heterocycles. The minimum absolute atomic E-state index is 0.0745. The number of alkyl carbamates (subject to hydrolysis) is 1. The lowest BCUT2D eigenvalue weighted by molar-refractivity contribution is -0.373. The molecule has 0 saturated carbocycles. The van der Waals surface area contributed by atoms with Crippen molar-refractivity contribution < 1.29 is 73.2 Å². The number of aliphatic carboxylic acids is 3.